The van der Waals surface area contributed by atoms with Crippen LogP contribution in [0.1, 0.15) is 11.1 Å². The molecule has 0 atom stereocenters. The van der Waals surface area contributed by atoms with Gasteiger partial charge in [-0.1, -0.05) is 23.8 Å². The van der Waals surface area contributed by atoms with Gasteiger partial charge in [-0.15, -0.1) is 0 Å². The first-order valence-corrected chi connectivity index (χ1v) is 7.30. The molecule has 5 nitrogen and oxygen atoms in total. The minimum Gasteiger partial charge on any atom is -0.469 e. The number of benzene rings is 2. The highest BCUT2D eigenvalue weighted by molar-refractivity contribution is 5.91. The van der Waals surface area contributed by atoms with Crippen molar-refractivity contribution < 1.29 is 9.53 Å². The Hall–Kier alpha value is -2.95. The number of hydrogen-bond donors (Lipinski definition) is 1. The van der Waals surface area contributed by atoms with Crippen molar-refractivity contribution >= 4 is 28.4 Å². The Kier molecular flexibility index (Phi) is 4.19. The summed E-state index contributed by atoms with van der Waals surface area (Å²) in [5.41, 5.74) is 3.79. The fourth-order valence-electron chi connectivity index (χ4n) is 2.40. The maximum absolute atomic E-state index is 11.4. The van der Waals surface area contributed by atoms with E-state index >= 15 is 0 Å². The van der Waals surface area contributed by atoms with E-state index in [1.165, 1.54) is 13.4 Å². The molecule has 1 aromatic heterocycles. The van der Waals surface area contributed by atoms with E-state index in [0.29, 0.717) is 0 Å². The Morgan fingerprint density at radius 1 is 1.17 bits per heavy atom. The Labute approximate surface area is 134 Å². The zero-order valence-electron chi connectivity index (χ0n) is 13.0. The molecular formula is C18H17N3O2. The lowest BCUT2D eigenvalue weighted by Gasteiger charge is -2.10. The summed E-state index contributed by atoms with van der Waals surface area (Å²) in [6.45, 7) is 2.03. The summed E-state index contributed by atoms with van der Waals surface area (Å²) in [5, 5.41) is 4.27. The number of fused-ring (bicyclic) bond motifs is 1. The lowest BCUT2D eigenvalue weighted by Crippen LogP contribution is -2.04. The second-order valence-electron chi connectivity index (χ2n) is 5.32. The van der Waals surface area contributed by atoms with Crippen molar-refractivity contribution in [3.05, 3.63) is 59.9 Å². The molecular weight excluding hydrogens is 290 g/mol. The Morgan fingerprint density at radius 3 is 2.87 bits per heavy atom. The van der Waals surface area contributed by atoms with Gasteiger partial charge in [0.2, 0.25) is 0 Å². The maximum Gasteiger partial charge on any atom is 0.309 e. The van der Waals surface area contributed by atoms with Gasteiger partial charge in [-0.05, 0) is 36.8 Å². The molecule has 0 bridgehead atoms. The van der Waals surface area contributed by atoms with Gasteiger partial charge in [0.1, 0.15) is 12.1 Å². The summed E-state index contributed by atoms with van der Waals surface area (Å²) in [4.78, 5) is 20.0. The average Bonchev–Trinajstić information content (AvgIpc) is 2.55. The summed E-state index contributed by atoms with van der Waals surface area (Å²) >= 11 is 0. The van der Waals surface area contributed by atoms with Crippen LogP contribution in [-0.4, -0.2) is 23.0 Å². The number of methoxy groups -OCH3 is 1. The van der Waals surface area contributed by atoms with Gasteiger partial charge in [-0.2, -0.15) is 0 Å². The van der Waals surface area contributed by atoms with Crippen LogP contribution in [0.3, 0.4) is 0 Å². The highest BCUT2D eigenvalue weighted by Gasteiger charge is 2.07. The number of rotatable bonds is 4. The Balaban J connectivity index is 1.92. The van der Waals surface area contributed by atoms with Crippen LogP contribution in [0.25, 0.3) is 10.9 Å². The van der Waals surface area contributed by atoms with E-state index in [1.807, 2.05) is 43.3 Å². The molecule has 0 aliphatic carbocycles. The normalized spacial score (nSPS) is 10.5. The SMILES string of the molecule is COC(=O)Cc1cccc(Nc2ncnc3ccc(C)cc23)c1. The van der Waals surface area contributed by atoms with Crippen molar-refractivity contribution in [2.75, 3.05) is 12.4 Å². The van der Waals surface area contributed by atoms with E-state index in [4.69, 9.17) is 4.74 Å². The summed E-state index contributed by atoms with van der Waals surface area (Å²) in [6.07, 6.45) is 1.79. The quantitative estimate of drug-likeness (QED) is 0.748. The van der Waals surface area contributed by atoms with E-state index in [-0.39, 0.29) is 12.4 Å². The second kappa shape index (κ2) is 6.44. The maximum atomic E-state index is 11.4. The van der Waals surface area contributed by atoms with Crippen LogP contribution in [-0.2, 0) is 16.0 Å². The van der Waals surface area contributed by atoms with E-state index in [2.05, 4.69) is 21.4 Å². The molecule has 3 aromatic rings. The number of nitrogens with zero attached hydrogens (tertiary/aromatic N) is 2. The standard InChI is InChI=1S/C18H17N3O2/c1-12-6-7-16-15(8-12)18(20-11-19-16)21-14-5-3-4-13(9-14)10-17(22)23-2/h3-9,11H,10H2,1-2H3,(H,19,20,21). The molecule has 0 aliphatic rings. The van der Waals surface area contributed by atoms with Crippen LogP contribution >= 0.6 is 0 Å². The number of carbonyl (C=O) groups is 1. The van der Waals surface area contributed by atoms with E-state index < -0.39 is 0 Å². The van der Waals surface area contributed by atoms with Crippen molar-refractivity contribution in [2.45, 2.75) is 13.3 Å². The summed E-state index contributed by atoms with van der Waals surface area (Å²) in [7, 11) is 1.39. The fraction of sp³-hybridized carbons (Fsp3) is 0.167. The first-order chi connectivity index (χ1) is 11.2. The lowest BCUT2D eigenvalue weighted by molar-refractivity contribution is -0.139. The first-order valence-electron chi connectivity index (χ1n) is 7.30. The molecule has 0 saturated heterocycles. The molecule has 0 saturated carbocycles. The summed E-state index contributed by atoms with van der Waals surface area (Å²) < 4.78 is 4.70. The zero-order chi connectivity index (χ0) is 16.2. The van der Waals surface area contributed by atoms with Gasteiger partial charge in [-0.3, -0.25) is 4.79 Å². The number of anilines is 2. The van der Waals surface area contributed by atoms with Gasteiger partial charge >= 0.3 is 5.97 Å². The number of ether oxygens (including phenoxy) is 1. The molecule has 3 rings (SSSR count). The molecule has 0 aliphatic heterocycles. The molecule has 0 amide bonds. The second-order valence-corrected chi connectivity index (χ2v) is 5.32. The lowest BCUT2D eigenvalue weighted by atomic mass is 10.1. The van der Waals surface area contributed by atoms with Gasteiger partial charge < -0.3 is 10.1 Å². The zero-order valence-corrected chi connectivity index (χ0v) is 13.0. The van der Waals surface area contributed by atoms with Crippen LogP contribution in [0.15, 0.2) is 48.8 Å². The van der Waals surface area contributed by atoms with Gasteiger partial charge in [0.25, 0.3) is 0 Å². The third-order valence-electron chi connectivity index (χ3n) is 3.56. The molecule has 0 fully saturated rings. The van der Waals surface area contributed by atoms with Gasteiger partial charge in [-0.25, -0.2) is 9.97 Å². The number of hydrogen-bond acceptors (Lipinski definition) is 5. The molecule has 1 N–H and O–H groups in total. The van der Waals surface area contributed by atoms with Crippen LogP contribution in [0.4, 0.5) is 11.5 Å². The van der Waals surface area contributed by atoms with Crippen LogP contribution in [0, 0.1) is 6.92 Å². The van der Waals surface area contributed by atoms with Gasteiger partial charge in [0.15, 0.2) is 0 Å². The summed E-state index contributed by atoms with van der Waals surface area (Å²) in [6, 6.07) is 13.7. The summed E-state index contributed by atoms with van der Waals surface area (Å²) in [5.74, 6) is 0.485. The highest BCUT2D eigenvalue weighted by atomic mass is 16.5. The van der Waals surface area contributed by atoms with Crippen molar-refractivity contribution in [1.82, 2.24) is 9.97 Å². The number of carbonyl (C=O) groups excluding carboxylic acids is 1. The third-order valence-corrected chi connectivity index (χ3v) is 3.56. The fourth-order valence-corrected chi connectivity index (χ4v) is 2.40. The smallest absolute Gasteiger partial charge is 0.309 e. The molecule has 0 spiro atoms. The minimum absolute atomic E-state index is 0.246. The van der Waals surface area contributed by atoms with E-state index in [1.54, 1.807) is 0 Å². The monoisotopic (exact) mass is 307 g/mol. The third kappa shape index (κ3) is 3.45. The number of aromatic nitrogens is 2. The van der Waals surface area contributed by atoms with Crippen LogP contribution < -0.4 is 5.32 Å². The Bertz CT molecular complexity index is 862. The van der Waals surface area contributed by atoms with E-state index in [9.17, 15) is 4.79 Å². The number of aryl methyl sites for hydroxylation is 1. The van der Waals surface area contributed by atoms with Crippen LogP contribution in [0.2, 0.25) is 0 Å². The largest absolute Gasteiger partial charge is 0.469 e. The minimum atomic E-state index is -0.259. The first kappa shape index (κ1) is 15.0. The molecule has 0 unspecified atom stereocenters. The predicted octanol–water partition coefficient (Wildman–Crippen LogP) is 3.40. The molecule has 116 valence electrons. The van der Waals surface area contributed by atoms with Crippen molar-refractivity contribution in [3.63, 3.8) is 0 Å². The molecule has 2 aromatic carbocycles. The molecule has 23 heavy (non-hydrogen) atoms. The molecule has 5 heteroatoms. The van der Waals surface area contributed by atoms with Crippen molar-refractivity contribution in [2.24, 2.45) is 0 Å². The van der Waals surface area contributed by atoms with Crippen molar-refractivity contribution in [1.29, 1.82) is 0 Å². The van der Waals surface area contributed by atoms with E-state index in [0.717, 1.165) is 33.5 Å². The van der Waals surface area contributed by atoms with Crippen LogP contribution in [0.5, 0.6) is 0 Å². The topological polar surface area (TPSA) is 64.1 Å². The number of esters is 1. The van der Waals surface area contributed by atoms with Gasteiger partial charge in [0.05, 0.1) is 19.0 Å². The highest BCUT2D eigenvalue weighted by Crippen LogP contribution is 2.24. The average molecular weight is 307 g/mol. The van der Waals surface area contributed by atoms with Gasteiger partial charge in [0, 0.05) is 11.1 Å². The number of nitrogens with one attached hydrogen (secondary N) is 1. The van der Waals surface area contributed by atoms with Crippen molar-refractivity contribution in [3.8, 4) is 0 Å². The molecule has 0 radical (unpaired) electrons. The predicted molar refractivity (Wildman–Crippen MR) is 89.7 cm³/mol. The molecule has 1 heterocycles. The Morgan fingerprint density at radius 2 is 2.04 bits per heavy atom.